The number of pyridine rings is 1. The van der Waals surface area contributed by atoms with Gasteiger partial charge in [0, 0.05) is 5.56 Å². The minimum Gasteiger partial charge on any atom is -0.397 e. The average Bonchev–Trinajstić information content (AvgIpc) is 2.39. The molecule has 2 aromatic rings. The Kier molecular flexibility index (Phi) is 4.75. The Morgan fingerprint density at radius 2 is 1.95 bits per heavy atom. The summed E-state index contributed by atoms with van der Waals surface area (Å²) < 4.78 is 0.575. The van der Waals surface area contributed by atoms with Gasteiger partial charge < -0.3 is 11.1 Å². The first-order valence-corrected chi connectivity index (χ1v) is 7.18. The molecule has 0 aliphatic rings. The molecule has 0 unspecified atom stereocenters. The van der Waals surface area contributed by atoms with Crippen molar-refractivity contribution >= 4 is 68.0 Å². The highest BCUT2D eigenvalue weighted by molar-refractivity contribution is 9.10. The molecule has 0 spiro atoms. The Hall–Kier alpha value is -1.01. The van der Waals surface area contributed by atoms with Crippen molar-refractivity contribution in [3.63, 3.8) is 0 Å². The molecule has 0 aliphatic carbocycles. The smallest absolute Gasteiger partial charge is 0.255 e. The number of carbonyl (C=O) groups excluding carboxylic acids is 1. The number of hydrogen-bond acceptors (Lipinski definition) is 3. The highest BCUT2D eigenvalue weighted by Gasteiger charge is 2.12. The van der Waals surface area contributed by atoms with Crippen LogP contribution in [-0.2, 0) is 0 Å². The van der Waals surface area contributed by atoms with Gasteiger partial charge in [0.25, 0.3) is 5.91 Å². The van der Waals surface area contributed by atoms with E-state index in [-0.39, 0.29) is 21.6 Å². The van der Waals surface area contributed by atoms with Gasteiger partial charge >= 0.3 is 0 Å². The normalized spacial score (nSPS) is 10.4. The topological polar surface area (TPSA) is 68.0 Å². The second kappa shape index (κ2) is 6.18. The minimum absolute atomic E-state index is 0.215. The summed E-state index contributed by atoms with van der Waals surface area (Å²) in [6.07, 6.45) is 1.44. The summed E-state index contributed by atoms with van der Waals surface area (Å²) in [5.74, 6) is -0.383. The van der Waals surface area contributed by atoms with Gasteiger partial charge in [0.05, 0.1) is 32.1 Å². The van der Waals surface area contributed by atoms with Crippen LogP contribution in [-0.4, -0.2) is 10.9 Å². The highest BCUT2D eigenvalue weighted by atomic mass is 79.9. The van der Waals surface area contributed by atoms with E-state index < -0.39 is 0 Å². The van der Waals surface area contributed by atoms with Crippen molar-refractivity contribution in [2.45, 2.75) is 0 Å². The Bertz CT molecular complexity index is 671. The van der Waals surface area contributed by atoms with Gasteiger partial charge in [-0.15, -0.1) is 0 Å². The maximum atomic E-state index is 12.1. The molecule has 0 fully saturated rings. The zero-order chi connectivity index (χ0) is 14.9. The summed E-state index contributed by atoms with van der Waals surface area (Å²) in [6.45, 7) is 0. The first kappa shape index (κ1) is 15.4. The Morgan fingerprint density at radius 1 is 1.25 bits per heavy atom. The summed E-state index contributed by atoms with van der Waals surface area (Å²) in [5.41, 5.74) is 6.68. The number of halogens is 4. The average molecular weight is 395 g/mol. The van der Waals surface area contributed by atoms with Crippen LogP contribution in [0.1, 0.15) is 10.4 Å². The van der Waals surface area contributed by atoms with Gasteiger partial charge in [-0.05, 0) is 34.1 Å². The molecule has 4 nitrogen and oxygen atoms in total. The molecule has 0 saturated carbocycles. The fourth-order valence-corrected chi connectivity index (χ4v) is 2.22. The van der Waals surface area contributed by atoms with Crippen LogP contribution in [0.5, 0.6) is 0 Å². The predicted molar refractivity (Wildman–Crippen MR) is 85.8 cm³/mol. The maximum absolute atomic E-state index is 12.1. The highest BCUT2D eigenvalue weighted by Crippen LogP contribution is 2.30. The summed E-state index contributed by atoms with van der Waals surface area (Å²) >= 11 is 20.7. The molecule has 3 N–H and O–H groups in total. The lowest BCUT2D eigenvalue weighted by atomic mass is 10.2. The molecule has 20 heavy (non-hydrogen) atoms. The monoisotopic (exact) mass is 393 g/mol. The molecule has 1 amide bonds. The third kappa shape index (κ3) is 3.35. The Morgan fingerprint density at radius 3 is 2.55 bits per heavy atom. The molecule has 1 aromatic heterocycles. The van der Waals surface area contributed by atoms with Crippen molar-refractivity contribution in [3.8, 4) is 0 Å². The van der Waals surface area contributed by atoms with Crippen molar-refractivity contribution < 1.29 is 4.79 Å². The van der Waals surface area contributed by atoms with E-state index in [4.69, 9.17) is 40.5 Å². The van der Waals surface area contributed by atoms with Crippen molar-refractivity contribution in [1.29, 1.82) is 0 Å². The molecule has 0 saturated heterocycles. The lowest BCUT2D eigenvalue weighted by Crippen LogP contribution is -2.12. The van der Waals surface area contributed by atoms with Crippen LogP contribution >= 0.6 is 50.7 Å². The first-order chi connectivity index (χ1) is 9.38. The first-order valence-electron chi connectivity index (χ1n) is 5.25. The van der Waals surface area contributed by atoms with Crippen molar-refractivity contribution in [2.75, 3.05) is 11.1 Å². The molecule has 2 rings (SSSR count). The van der Waals surface area contributed by atoms with Gasteiger partial charge in [0.1, 0.15) is 5.15 Å². The Labute approximate surface area is 138 Å². The molecule has 8 heteroatoms. The number of rotatable bonds is 2. The van der Waals surface area contributed by atoms with Gasteiger partial charge in [0.2, 0.25) is 0 Å². The number of hydrogen-bond donors (Lipinski definition) is 2. The van der Waals surface area contributed by atoms with Crippen LogP contribution in [0.15, 0.2) is 28.9 Å². The van der Waals surface area contributed by atoms with E-state index in [1.165, 1.54) is 18.3 Å². The van der Waals surface area contributed by atoms with Gasteiger partial charge in [0.15, 0.2) is 0 Å². The van der Waals surface area contributed by atoms with E-state index in [9.17, 15) is 4.79 Å². The van der Waals surface area contributed by atoms with Crippen LogP contribution < -0.4 is 11.1 Å². The molecular formula is C12H7BrCl3N3O. The summed E-state index contributed by atoms with van der Waals surface area (Å²) in [6, 6.07) is 4.52. The van der Waals surface area contributed by atoms with Crippen LogP contribution in [0.3, 0.4) is 0 Å². The number of nitrogens with one attached hydrogen (secondary N) is 1. The second-order valence-corrected chi connectivity index (χ2v) is 5.81. The largest absolute Gasteiger partial charge is 0.397 e. The van der Waals surface area contributed by atoms with E-state index >= 15 is 0 Å². The van der Waals surface area contributed by atoms with Gasteiger partial charge in [-0.2, -0.15) is 0 Å². The zero-order valence-corrected chi connectivity index (χ0v) is 13.6. The number of nitrogen functional groups attached to an aromatic ring is 1. The van der Waals surface area contributed by atoms with Gasteiger partial charge in [-0.1, -0.05) is 34.8 Å². The number of nitrogens with zero attached hydrogens (tertiary/aromatic N) is 1. The number of anilines is 2. The predicted octanol–water partition coefficient (Wildman–Crippen LogP) is 4.64. The summed E-state index contributed by atoms with van der Waals surface area (Å²) in [7, 11) is 0. The molecule has 0 radical (unpaired) electrons. The van der Waals surface area contributed by atoms with Crippen molar-refractivity contribution in [1.82, 2.24) is 4.98 Å². The quantitative estimate of drug-likeness (QED) is 0.575. The van der Waals surface area contributed by atoms with E-state index in [0.717, 1.165) is 0 Å². The third-order valence-electron chi connectivity index (χ3n) is 2.37. The van der Waals surface area contributed by atoms with Crippen LogP contribution in [0.25, 0.3) is 0 Å². The summed E-state index contributed by atoms with van der Waals surface area (Å²) in [5, 5.41) is 3.40. The van der Waals surface area contributed by atoms with Gasteiger partial charge in [-0.25, -0.2) is 4.98 Å². The number of aromatic nitrogens is 1. The molecule has 1 heterocycles. The minimum atomic E-state index is -0.383. The number of amides is 1. The Balaban J connectivity index is 2.26. The number of nitrogens with two attached hydrogens (primary N) is 1. The van der Waals surface area contributed by atoms with Crippen LogP contribution in [0.2, 0.25) is 15.2 Å². The molecule has 0 atom stereocenters. The molecular weight excluding hydrogens is 388 g/mol. The molecule has 0 aliphatic heterocycles. The zero-order valence-electron chi connectivity index (χ0n) is 9.75. The van der Waals surface area contributed by atoms with Gasteiger partial charge in [-0.3, -0.25) is 4.79 Å². The van der Waals surface area contributed by atoms with Crippen molar-refractivity contribution in [3.05, 3.63) is 49.6 Å². The SMILES string of the molecule is Nc1cc(C(=O)Nc2cnc(Cl)c(Br)c2)cc(Cl)c1Cl. The fourth-order valence-electron chi connectivity index (χ4n) is 1.43. The maximum Gasteiger partial charge on any atom is 0.255 e. The van der Waals surface area contributed by atoms with E-state index in [1.54, 1.807) is 6.07 Å². The summed E-state index contributed by atoms with van der Waals surface area (Å²) in [4.78, 5) is 16.0. The standard InChI is InChI=1S/C12H7BrCl3N3O/c13-7-3-6(4-18-11(7)16)19-12(20)5-1-8(14)10(15)9(17)2-5/h1-4H,17H2,(H,19,20). The van der Waals surface area contributed by atoms with E-state index in [1.807, 2.05) is 0 Å². The fraction of sp³-hybridized carbons (Fsp3) is 0. The molecule has 104 valence electrons. The van der Waals surface area contributed by atoms with E-state index in [0.29, 0.717) is 20.9 Å². The lowest BCUT2D eigenvalue weighted by molar-refractivity contribution is 0.102. The molecule has 0 bridgehead atoms. The number of benzene rings is 1. The number of carbonyl (C=O) groups is 1. The van der Waals surface area contributed by atoms with Crippen LogP contribution in [0.4, 0.5) is 11.4 Å². The van der Waals surface area contributed by atoms with Crippen LogP contribution in [0, 0.1) is 0 Å². The molecule has 1 aromatic carbocycles. The lowest BCUT2D eigenvalue weighted by Gasteiger charge is -2.08. The van der Waals surface area contributed by atoms with E-state index in [2.05, 4.69) is 26.2 Å². The second-order valence-electron chi connectivity index (χ2n) is 3.81. The third-order valence-corrected chi connectivity index (χ3v) is 4.32. The van der Waals surface area contributed by atoms with Crippen molar-refractivity contribution in [2.24, 2.45) is 0 Å².